The zero-order chi connectivity index (χ0) is 17.5. The van der Waals surface area contributed by atoms with Crippen LogP contribution in [-0.2, 0) is 11.2 Å². The maximum atomic E-state index is 13.5. The molecule has 0 aliphatic heterocycles. The van der Waals surface area contributed by atoms with E-state index in [-0.39, 0.29) is 24.3 Å². The lowest BCUT2D eigenvalue weighted by molar-refractivity contribution is -0.116. The predicted molar refractivity (Wildman–Crippen MR) is 89.0 cm³/mol. The first-order chi connectivity index (χ1) is 11.5. The van der Waals surface area contributed by atoms with Crippen LogP contribution in [0.5, 0.6) is 0 Å². The lowest BCUT2D eigenvalue weighted by atomic mass is 10.0. The first-order valence-electron chi connectivity index (χ1n) is 7.86. The Kier molecular flexibility index (Phi) is 6.18. The summed E-state index contributed by atoms with van der Waals surface area (Å²) in [4.78, 5) is 23.9. The highest BCUT2D eigenvalue weighted by atomic mass is 19.1. The van der Waals surface area contributed by atoms with Gasteiger partial charge in [0.05, 0.1) is 5.69 Å². The highest BCUT2D eigenvalue weighted by Gasteiger charge is 2.11. The zero-order valence-corrected chi connectivity index (χ0v) is 13.4. The molecule has 1 amide bonds. The SMILES string of the molecule is CCCc1ccc(C(=O)CCC(=O)Nc2ccc(F)cc2F)cc1. The zero-order valence-electron chi connectivity index (χ0n) is 13.4. The standard InChI is InChI=1S/C19H19F2NO2/c1-2-3-13-4-6-14(7-5-13)18(23)10-11-19(24)22-17-9-8-15(20)12-16(17)21/h4-9,12H,2-3,10-11H2,1H3,(H,22,24). The second-order valence-electron chi connectivity index (χ2n) is 5.54. The van der Waals surface area contributed by atoms with Crippen LogP contribution in [0, 0.1) is 11.6 Å². The van der Waals surface area contributed by atoms with Gasteiger partial charge >= 0.3 is 0 Å². The van der Waals surface area contributed by atoms with Crippen LogP contribution in [0.15, 0.2) is 42.5 Å². The molecule has 5 heteroatoms. The Morgan fingerprint density at radius 1 is 1.00 bits per heavy atom. The molecule has 24 heavy (non-hydrogen) atoms. The van der Waals surface area contributed by atoms with Crippen molar-refractivity contribution in [1.29, 1.82) is 0 Å². The van der Waals surface area contributed by atoms with Crippen LogP contribution in [-0.4, -0.2) is 11.7 Å². The maximum absolute atomic E-state index is 13.5. The van der Waals surface area contributed by atoms with E-state index in [1.807, 2.05) is 12.1 Å². The summed E-state index contributed by atoms with van der Waals surface area (Å²) in [6, 6.07) is 10.2. The summed E-state index contributed by atoms with van der Waals surface area (Å²) >= 11 is 0. The molecule has 0 aromatic heterocycles. The molecule has 126 valence electrons. The number of carbonyl (C=O) groups is 2. The number of benzene rings is 2. The number of amides is 1. The van der Waals surface area contributed by atoms with Crippen molar-refractivity contribution in [3.05, 3.63) is 65.2 Å². The second kappa shape index (κ2) is 8.34. The fourth-order valence-corrected chi connectivity index (χ4v) is 2.32. The molecule has 0 radical (unpaired) electrons. The molecule has 0 bridgehead atoms. The number of halogens is 2. The van der Waals surface area contributed by atoms with Crippen molar-refractivity contribution in [3.63, 3.8) is 0 Å². The maximum Gasteiger partial charge on any atom is 0.224 e. The van der Waals surface area contributed by atoms with Gasteiger partial charge in [-0.15, -0.1) is 0 Å². The molecule has 0 saturated carbocycles. The Morgan fingerprint density at radius 2 is 1.71 bits per heavy atom. The fraction of sp³-hybridized carbons (Fsp3) is 0.263. The van der Waals surface area contributed by atoms with E-state index in [1.165, 1.54) is 5.56 Å². The summed E-state index contributed by atoms with van der Waals surface area (Å²) < 4.78 is 26.3. The molecule has 0 fully saturated rings. The summed E-state index contributed by atoms with van der Waals surface area (Å²) in [6.45, 7) is 2.08. The van der Waals surface area contributed by atoms with Crippen LogP contribution >= 0.6 is 0 Å². The predicted octanol–water partition coefficient (Wildman–Crippen LogP) is 4.52. The Balaban J connectivity index is 1.87. The molecular formula is C19H19F2NO2. The number of ketones is 1. The first-order valence-corrected chi connectivity index (χ1v) is 7.86. The average molecular weight is 331 g/mol. The Bertz CT molecular complexity index is 727. The normalized spacial score (nSPS) is 10.5. The molecule has 2 rings (SSSR count). The largest absolute Gasteiger partial charge is 0.324 e. The molecule has 0 heterocycles. The van der Waals surface area contributed by atoms with Crippen LogP contribution in [0.1, 0.15) is 42.1 Å². The van der Waals surface area contributed by atoms with Gasteiger partial charge in [-0.2, -0.15) is 0 Å². The lowest BCUT2D eigenvalue weighted by Crippen LogP contribution is -2.14. The number of nitrogens with one attached hydrogen (secondary N) is 1. The van der Waals surface area contributed by atoms with E-state index in [4.69, 9.17) is 0 Å². The fourth-order valence-electron chi connectivity index (χ4n) is 2.32. The molecule has 2 aromatic carbocycles. The Labute approximate surface area is 139 Å². The van der Waals surface area contributed by atoms with Crippen molar-refractivity contribution >= 4 is 17.4 Å². The molecule has 0 unspecified atom stereocenters. The third-order valence-corrected chi connectivity index (χ3v) is 3.60. The third-order valence-electron chi connectivity index (χ3n) is 3.60. The first kappa shape index (κ1) is 17.8. The van der Waals surface area contributed by atoms with Gasteiger partial charge < -0.3 is 5.32 Å². The van der Waals surface area contributed by atoms with Crippen molar-refractivity contribution in [2.45, 2.75) is 32.6 Å². The lowest BCUT2D eigenvalue weighted by Gasteiger charge is -2.06. The Morgan fingerprint density at radius 3 is 2.33 bits per heavy atom. The van der Waals surface area contributed by atoms with Crippen LogP contribution < -0.4 is 5.32 Å². The van der Waals surface area contributed by atoms with Gasteiger partial charge in [-0.3, -0.25) is 9.59 Å². The average Bonchev–Trinajstić information content (AvgIpc) is 2.56. The molecule has 3 nitrogen and oxygen atoms in total. The number of hydrogen-bond donors (Lipinski definition) is 1. The summed E-state index contributed by atoms with van der Waals surface area (Å²) in [6.07, 6.45) is 1.96. The van der Waals surface area contributed by atoms with Crippen molar-refractivity contribution in [2.75, 3.05) is 5.32 Å². The topological polar surface area (TPSA) is 46.2 Å². The quantitative estimate of drug-likeness (QED) is 0.758. The van der Waals surface area contributed by atoms with Crippen LogP contribution in [0.4, 0.5) is 14.5 Å². The van der Waals surface area contributed by atoms with E-state index in [1.54, 1.807) is 12.1 Å². The van der Waals surface area contributed by atoms with Crippen LogP contribution in [0.3, 0.4) is 0 Å². The summed E-state index contributed by atoms with van der Waals surface area (Å²) in [5.41, 5.74) is 1.62. The van der Waals surface area contributed by atoms with E-state index in [9.17, 15) is 18.4 Å². The Hall–Kier alpha value is -2.56. The number of carbonyl (C=O) groups excluding carboxylic acids is 2. The molecule has 1 N–H and O–H groups in total. The molecule has 0 saturated heterocycles. The van der Waals surface area contributed by atoms with Gasteiger partial charge in [0.1, 0.15) is 11.6 Å². The number of aryl methyl sites for hydroxylation is 1. The summed E-state index contributed by atoms with van der Waals surface area (Å²) in [7, 11) is 0. The van der Waals surface area contributed by atoms with E-state index in [2.05, 4.69) is 12.2 Å². The van der Waals surface area contributed by atoms with Gasteiger partial charge in [-0.1, -0.05) is 37.6 Å². The monoisotopic (exact) mass is 331 g/mol. The smallest absolute Gasteiger partial charge is 0.224 e. The van der Waals surface area contributed by atoms with Gasteiger partial charge in [0.25, 0.3) is 0 Å². The molecule has 0 atom stereocenters. The minimum atomic E-state index is -0.846. The van der Waals surface area contributed by atoms with Gasteiger partial charge in [-0.05, 0) is 24.1 Å². The number of hydrogen-bond acceptors (Lipinski definition) is 2. The number of rotatable bonds is 7. The van der Waals surface area contributed by atoms with Crippen molar-refractivity contribution < 1.29 is 18.4 Å². The molecule has 0 aliphatic carbocycles. The highest BCUT2D eigenvalue weighted by Crippen LogP contribution is 2.16. The van der Waals surface area contributed by atoms with Gasteiger partial charge in [0.2, 0.25) is 5.91 Å². The van der Waals surface area contributed by atoms with Gasteiger partial charge in [0.15, 0.2) is 5.78 Å². The van der Waals surface area contributed by atoms with E-state index in [0.717, 1.165) is 25.0 Å². The molecule has 2 aromatic rings. The third kappa shape index (κ3) is 4.98. The van der Waals surface area contributed by atoms with Gasteiger partial charge in [-0.25, -0.2) is 8.78 Å². The molecule has 0 aliphatic rings. The summed E-state index contributed by atoms with van der Waals surface area (Å²) in [5, 5.41) is 2.34. The minimum absolute atomic E-state index is 0.0295. The molecule has 0 spiro atoms. The summed E-state index contributed by atoms with van der Waals surface area (Å²) in [5.74, 6) is -2.20. The number of Topliss-reactive ketones (excluding diaryl/α,β-unsaturated/α-hetero) is 1. The van der Waals surface area contributed by atoms with E-state index >= 15 is 0 Å². The van der Waals surface area contributed by atoms with E-state index in [0.29, 0.717) is 11.6 Å². The van der Waals surface area contributed by atoms with E-state index < -0.39 is 17.5 Å². The molecular weight excluding hydrogens is 312 g/mol. The van der Waals surface area contributed by atoms with Crippen LogP contribution in [0.25, 0.3) is 0 Å². The highest BCUT2D eigenvalue weighted by molar-refractivity contribution is 6.00. The van der Waals surface area contributed by atoms with Crippen LogP contribution in [0.2, 0.25) is 0 Å². The van der Waals surface area contributed by atoms with Gasteiger partial charge in [0, 0.05) is 24.5 Å². The van der Waals surface area contributed by atoms with Crippen molar-refractivity contribution in [2.24, 2.45) is 0 Å². The minimum Gasteiger partial charge on any atom is -0.324 e. The second-order valence-corrected chi connectivity index (χ2v) is 5.54. The van der Waals surface area contributed by atoms with Crippen molar-refractivity contribution in [3.8, 4) is 0 Å². The number of anilines is 1. The van der Waals surface area contributed by atoms with Crippen molar-refractivity contribution in [1.82, 2.24) is 0 Å².